The van der Waals surface area contributed by atoms with Gasteiger partial charge in [-0.05, 0) is 19.8 Å². The molecule has 1 fully saturated rings. The first-order valence-electron chi connectivity index (χ1n) is 6.07. The van der Waals surface area contributed by atoms with Crippen LogP contribution in [0.25, 0.3) is 11.0 Å². The Morgan fingerprint density at radius 2 is 2.39 bits per heavy atom. The van der Waals surface area contributed by atoms with E-state index in [1.54, 1.807) is 6.20 Å². The lowest BCUT2D eigenvalue weighted by Crippen LogP contribution is -2.32. The van der Waals surface area contributed by atoms with Crippen LogP contribution in [-0.2, 0) is 4.74 Å². The van der Waals surface area contributed by atoms with Crippen LogP contribution in [0, 0.1) is 0 Å². The second-order valence-electron chi connectivity index (χ2n) is 4.61. The highest BCUT2D eigenvalue weighted by Gasteiger charge is 2.20. The molecule has 0 aromatic carbocycles. The zero-order chi connectivity index (χ0) is 12.5. The third kappa shape index (κ3) is 2.08. The Kier molecular flexibility index (Phi) is 2.75. The van der Waals surface area contributed by atoms with Crippen LogP contribution >= 0.6 is 0 Å². The van der Waals surface area contributed by atoms with Crippen molar-refractivity contribution < 1.29 is 4.74 Å². The van der Waals surface area contributed by atoms with Gasteiger partial charge in [-0.25, -0.2) is 0 Å². The first-order chi connectivity index (χ1) is 8.72. The van der Waals surface area contributed by atoms with Gasteiger partial charge in [-0.1, -0.05) is 0 Å². The second-order valence-corrected chi connectivity index (χ2v) is 4.61. The van der Waals surface area contributed by atoms with Gasteiger partial charge in [0.25, 0.3) is 0 Å². The number of anilines is 2. The molecule has 1 aliphatic rings. The molecule has 0 aliphatic carbocycles. The van der Waals surface area contributed by atoms with E-state index in [-0.39, 0.29) is 12.1 Å². The van der Waals surface area contributed by atoms with Gasteiger partial charge < -0.3 is 15.8 Å². The lowest BCUT2D eigenvalue weighted by atomic mass is 10.0. The minimum absolute atomic E-state index is 0.245. The third-order valence-corrected chi connectivity index (χ3v) is 3.15. The molecule has 3 rings (SSSR count). The maximum absolute atomic E-state index is 5.68. The van der Waals surface area contributed by atoms with Gasteiger partial charge in [0.2, 0.25) is 5.95 Å². The summed E-state index contributed by atoms with van der Waals surface area (Å²) in [6.07, 6.45) is 3.91. The maximum Gasteiger partial charge on any atom is 0.224 e. The molecule has 0 saturated carbocycles. The van der Waals surface area contributed by atoms with Crippen molar-refractivity contribution in [3.05, 3.63) is 6.20 Å². The maximum atomic E-state index is 5.68. The van der Waals surface area contributed by atoms with Crippen molar-refractivity contribution in [2.75, 3.05) is 17.7 Å². The summed E-state index contributed by atoms with van der Waals surface area (Å²) in [5.74, 6) is 0.986. The van der Waals surface area contributed by atoms with Crippen molar-refractivity contribution >= 4 is 22.8 Å². The summed E-state index contributed by atoms with van der Waals surface area (Å²) in [7, 11) is 0. The van der Waals surface area contributed by atoms with E-state index < -0.39 is 0 Å². The first kappa shape index (κ1) is 11.2. The zero-order valence-electron chi connectivity index (χ0n) is 10.2. The Bertz CT molecular complexity index is 553. The molecule has 96 valence electrons. The Morgan fingerprint density at radius 1 is 1.50 bits per heavy atom. The monoisotopic (exact) mass is 248 g/mol. The SMILES string of the molecule is CC1CC(Nc2nc(N)nc3[nH]ncc23)CCO1. The number of fused-ring (bicyclic) bond motifs is 1. The number of ether oxygens (including phenoxy) is 1. The second kappa shape index (κ2) is 4.41. The average molecular weight is 248 g/mol. The molecule has 7 heteroatoms. The molecule has 0 spiro atoms. The number of nitrogens with two attached hydrogens (primary N) is 1. The van der Waals surface area contributed by atoms with Crippen LogP contribution in [0.5, 0.6) is 0 Å². The Balaban J connectivity index is 1.87. The molecule has 2 unspecified atom stereocenters. The molecule has 2 aromatic heterocycles. The summed E-state index contributed by atoms with van der Waals surface area (Å²) >= 11 is 0. The van der Waals surface area contributed by atoms with E-state index in [0.717, 1.165) is 30.7 Å². The normalized spacial score (nSPS) is 24.3. The largest absolute Gasteiger partial charge is 0.378 e. The van der Waals surface area contributed by atoms with Gasteiger partial charge >= 0.3 is 0 Å². The predicted octanol–water partition coefficient (Wildman–Crippen LogP) is 0.914. The van der Waals surface area contributed by atoms with Crippen LogP contribution < -0.4 is 11.1 Å². The molecule has 1 saturated heterocycles. The molecule has 7 nitrogen and oxygen atoms in total. The van der Waals surface area contributed by atoms with Crippen LogP contribution in [0.15, 0.2) is 6.20 Å². The van der Waals surface area contributed by atoms with E-state index in [1.807, 2.05) is 0 Å². The van der Waals surface area contributed by atoms with Crippen LogP contribution in [0.1, 0.15) is 19.8 Å². The van der Waals surface area contributed by atoms with E-state index in [2.05, 4.69) is 32.4 Å². The lowest BCUT2D eigenvalue weighted by Gasteiger charge is -2.28. The van der Waals surface area contributed by atoms with E-state index in [0.29, 0.717) is 11.7 Å². The molecular formula is C11H16N6O. The number of aromatic amines is 1. The molecule has 2 aromatic rings. The van der Waals surface area contributed by atoms with Crippen molar-refractivity contribution in [1.82, 2.24) is 20.2 Å². The minimum Gasteiger partial charge on any atom is -0.378 e. The minimum atomic E-state index is 0.245. The van der Waals surface area contributed by atoms with Gasteiger partial charge in [-0.15, -0.1) is 0 Å². The molecule has 4 N–H and O–H groups in total. The Morgan fingerprint density at radius 3 is 3.22 bits per heavy atom. The number of H-pyrrole nitrogens is 1. The summed E-state index contributed by atoms with van der Waals surface area (Å²) in [4.78, 5) is 8.34. The molecule has 3 heterocycles. The number of hydrogen-bond donors (Lipinski definition) is 3. The fraction of sp³-hybridized carbons (Fsp3) is 0.545. The molecule has 0 bridgehead atoms. The highest BCUT2D eigenvalue weighted by molar-refractivity contribution is 5.86. The molecular weight excluding hydrogens is 232 g/mol. The molecule has 18 heavy (non-hydrogen) atoms. The molecule has 1 aliphatic heterocycles. The molecule has 0 radical (unpaired) electrons. The smallest absolute Gasteiger partial charge is 0.224 e. The summed E-state index contributed by atoms with van der Waals surface area (Å²) in [5.41, 5.74) is 6.34. The highest BCUT2D eigenvalue weighted by Crippen LogP contribution is 2.23. The lowest BCUT2D eigenvalue weighted by molar-refractivity contribution is 0.0232. The van der Waals surface area contributed by atoms with Gasteiger partial charge in [-0.2, -0.15) is 15.1 Å². The van der Waals surface area contributed by atoms with E-state index in [1.165, 1.54) is 0 Å². The Labute approximate surface area is 104 Å². The van der Waals surface area contributed by atoms with Crippen LogP contribution in [0.4, 0.5) is 11.8 Å². The van der Waals surface area contributed by atoms with Crippen molar-refractivity contribution in [3.8, 4) is 0 Å². The van der Waals surface area contributed by atoms with Gasteiger partial charge in [0.05, 0.1) is 17.7 Å². The van der Waals surface area contributed by atoms with Gasteiger partial charge in [0.1, 0.15) is 5.82 Å². The predicted molar refractivity (Wildman–Crippen MR) is 68.2 cm³/mol. The van der Waals surface area contributed by atoms with Crippen molar-refractivity contribution in [1.29, 1.82) is 0 Å². The standard InChI is InChI=1S/C11H16N6O/c1-6-4-7(2-3-18-6)14-9-8-5-13-17-10(8)16-11(12)15-9/h5-7H,2-4H2,1H3,(H4,12,13,14,15,16,17). The van der Waals surface area contributed by atoms with Crippen molar-refractivity contribution in [2.24, 2.45) is 0 Å². The van der Waals surface area contributed by atoms with Crippen LogP contribution in [0.2, 0.25) is 0 Å². The zero-order valence-corrected chi connectivity index (χ0v) is 10.2. The quantitative estimate of drug-likeness (QED) is 0.730. The van der Waals surface area contributed by atoms with E-state index >= 15 is 0 Å². The highest BCUT2D eigenvalue weighted by atomic mass is 16.5. The number of nitrogens with one attached hydrogen (secondary N) is 2. The fourth-order valence-corrected chi connectivity index (χ4v) is 2.28. The van der Waals surface area contributed by atoms with E-state index in [9.17, 15) is 0 Å². The summed E-state index contributed by atoms with van der Waals surface area (Å²) in [5, 5.41) is 11.0. The van der Waals surface area contributed by atoms with Gasteiger partial charge in [0.15, 0.2) is 5.65 Å². The fourth-order valence-electron chi connectivity index (χ4n) is 2.28. The van der Waals surface area contributed by atoms with E-state index in [4.69, 9.17) is 10.5 Å². The number of nitrogen functional groups attached to an aromatic ring is 1. The Hall–Kier alpha value is -1.89. The average Bonchev–Trinajstić information content (AvgIpc) is 2.77. The molecule has 0 amide bonds. The summed E-state index contributed by atoms with van der Waals surface area (Å²) in [6, 6.07) is 0.348. The van der Waals surface area contributed by atoms with Crippen molar-refractivity contribution in [3.63, 3.8) is 0 Å². The van der Waals surface area contributed by atoms with Gasteiger partial charge in [-0.3, -0.25) is 5.10 Å². The molecule has 2 atom stereocenters. The van der Waals surface area contributed by atoms with Crippen molar-refractivity contribution in [2.45, 2.75) is 31.9 Å². The summed E-state index contributed by atoms with van der Waals surface area (Å²) in [6.45, 7) is 2.85. The first-order valence-corrected chi connectivity index (χ1v) is 6.07. The summed E-state index contributed by atoms with van der Waals surface area (Å²) < 4.78 is 5.53. The topological polar surface area (TPSA) is 102 Å². The number of rotatable bonds is 2. The van der Waals surface area contributed by atoms with Crippen LogP contribution in [0.3, 0.4) is 0 Å². The third-order valence-electron chi connectivity index (χ3n) is 3.15. The van der Waals surface area contributed by atoms with Crippen LogP contribution in [-0.4, -0.2) is 38.9 Å². The number of aromatic nitrogens is 4. The number of hydrogen-bond acceptors (Lipinski definition) is 6. The number of nitrogens with zero attached hydrogens (tertiary/aromatic N) is 3. The van der Waals surface area contributed by atoms with Gasteiger partial charge in [0, 0.05) is 12.6 Å².